The van der Waals surface area contributed by atoms with E-state index in [-0.39, 0.29) is 0 Å². The van der Waals surface area contributed by atoms with Crippen molar-refractivity contribution in [3.8, 4) is 0 Å². The van der Waals surface area contributed by atoms with Gasteiger partial charge in [0.05, 0.1) is 10.5 Å². The minimum Gasteiger partial charge on any atom is -0.423 e. The zero-order valence-corrected chi connectivity index (χ0v) is 7.94. The van der Waals surface area contributed by atoms with Crippen molar-refractivity contribution in [1.29, 1.82) is 0 Å². The van der Waals surface area contributed by atoms with Gasteiger partial charge in [0, 0.05) is 11.6 Å². The molecule has 0 amide bonds. The van der Waals surface area contributed by atoms with Gasteiger partial charge in [0.25, 0.3) is 0 Å². The summed E-state index contributed by atoms with van der Waals surface area (Å²) in [5.41, 5.74) is 1.04. The molecule has 0 fully saturated rings. The maximum Gasteiger partial charge on any atom is 0.488 e. The van der Waals surface area contributed by atoms with Crippen molar-refractivity contribution in [2.75, 3.05) is 0 Å². The summed E-state index contributed by atoms with van der Waals surface area (Å²) >= 11 is 5.92. The van der Waals surface area contributed by atoms with Crippen LogP contribution in [0.15, 0.2) is 30.5 Å². The molecule has 0 atom stereocenters. The van der Waals surface area contributed by atoms with E-state index < -0.39 is 7.12 Å². The first-order valence-electron chi connectivity index (χ1n) is 4.09. The van der Waals surface area contributed by atoms with Crippen molar-refractivity contribution >= 4 is 35.1 Å². The minimum atomic E-state index is -1.50. The van der Waals surface area contributed by atoms with E-state index in [1.54, 1.807) is 18.3 Å². The number of fused-ring (bicyclic) bond motifs is 1. The average Bonchev–Trinajstić information content (AvgIpc) is 2.17. The molecule has 0 aliphatic rings. The SMILES string of the molecule is OB(O)c1cc(Cl)c2ncccc2c1. The number of hydrogen-bond acceptors (Lipinski definition) is 3. The molecule has 2 aromatic rings. The van der Waals surface area contributed by atoms with Gasteiger partial charge in [-0.25, -0.2) is 0 Å². The molecule has 3 nitrogen and oxygen atoms in total. The summed E-state index contributed by atoms with van der Waals surface area (Å²) in [4.78, 5) is 4.09. The Hall–Kier alpha value is -1.10. The summed E-state index contributed by atoms with van der Waals surface area (Å²) in [5, 5.41) is 19.2. The second-order valence-corrected chi connectivity index (χ2v) is 3.36. The fourth-order valence-corrected chi connectivity index (χ4v) is 1.60. The van der Waals surface area contributed by atoms with Crippen molar-refractivity contribution in [2.45, 2.75) is 0 Å². The first-order chi connectivity index (χ1) is 6.68. The molecular weight excluding hydrogens is 200 g/mol. The maximum atomic E-state index is 8.98. The largest absolute Gasteiger partial charge is 0.488 e. The van der Waals surface area contributed by atoms with Crippen molar-refractivity contribution < 1.29 is 10.0 Å². The van der Waals surface area contributed by atoms with Crippen LogP contribution in [0.1, 0.15) is 0 Å². The minimum absolute atomic E-state index is 0.371. The molecule has 70 valence electrons. The second kappa shape index (κ2) is 3.57. The molecule has 1 heterocycles. The van der Waals surface area contributed by atoms with Crippen molar-refractivity contribution in [3.63, 3.8) is 0 Å². The van der Waals surface area contributed by atoms with Crippen LogP contribution in [-0.4, -0.2) is 22.2 Å². The number of hydrogen-bond donors (Lipinski definition) is 2. The van der Waals surface area contributed by atoms with Gasteiger partial charge in [-0.2, -0.15) is 0 Å². The van der Waals surface area contributed by atoms with Crippen LogP contribution in [0.3, 0.4) is 0 Å². The first-order valence-corrected chi connectivity index (χ1v) is 4.46. The molecule has 0 saturated heterocycles. The third-order valence-electron chi connectivity index (χ3n) is 1.98. The molecule has 0 aliphatic carbocycles. The Morgan fingerprint density at radius 2 is 2.07 bits per heavy atom. The van der Waals surface area contributed by atoms with Crippen LogP contribution in [0.2, 0.25) is 5.02 Å². The van der Waals surface area contributed by atoms with Crippen LogP contribution < -0.4 is 5.46 Å². The van der Waals surface area contributed by atoms with E-state index >= 15 is 0 Å². The molecule has 0 aliphatic heterocycles. The molecular formula is C9H7BClNO2. The van der Waals surface area contributed by atoms with E-state index in [4.69, 9.17) is 21.6 Å². The van der Waals surface area contributed by atoms with Crippen LogP contribution in [-0.2, 0) is 0 Å². The molecule has 1 aromatic heterocycles. The van der Waals surface area contributed by atoms with Gasteiger partial charge in [0.15, 0.2) is 0 Å². The second-order valence-electron chi connectivity index (χ2n) is 2.95. The molecule has 0 radical (unpaired) electrons. The summed E-state index contributed by atoms with van der Waals surface area (Å²) in [6.45, 7) is 0. The zero-order chi connectivity index (χ0) is 10.1. The monoisotopic (exact) mass is 207 g/mol. The number of benzene rings is 1. The van der Waals surface area contributed by atoms with Crippen molar-refractivity contribution in [2.24, 2.45) is 0 Å². The average molecular weight is 207 g/mol. The fourth-order valence-electron chi connectivity index (χ4n) is 1.32. The van der Waals surface area contributed by atoms with Gasteiger partial charge in [0.1, 0.15) is 0 Å². The third kappa shape index (κ3) is 1.59. The normalized spacial score (nSPS) is 10.5. The number of halogens is 1. The number of rotatable bonds is 1. The Kier molecular flexibility index (Phi) is 2.41. The maximum absolute atomic E-state index is 8.98. The topological polar surface area (TPSA) is 53.4 Å². The van der Waals surface area contributed by atoms with Crippen LogP contribution in [0.25, 0.3) is 10.9 Å². The molecule has 5 heteroatoms. The summed E-state index contributed by atoms with van der Waals surface area (Å²) in [6.07, 6.45) is 1.64. The van der Waals surface area contributed by atoms with E-state index in [9.17, 15) is 0 Å². The Balaban J connectivity index is 2.72. The molecule has 0 spiro atoms. The highest BCUT2D eigenvalue weighted by Gasteiger charge is 2.13. The molecule has 0 saturated carbocycles. The van der Waals surface area contributed by atoms with Gasteiger partial charge in [-0.15, -0.1) is 0 Å². The quantitative estimate of drug-likeness (QED) is 0.672. The first kappa shape index (κ1) is 9.46. The van der Waals surface area contributed by atoms with Crippen molar-refractivity contribution in [1.82, 2.24) is 4.98 Å². The van der Waals surface area contributed by atoms with Gasteiger partial charge in [-0.1, -0.05) is 23.7 Å². The van der Waals surface area contributed by atoms with Crippen LogP contribution in [0.4, 0.5) is 0 Å². The predicted molar refractivity (Wildman–Crippen MR) is 56.6 cm³/mol. The smallest absolute Gasteiger partial charge is 0.423 e. The Bertz CT molecular complexity index is 475. The Labute approximate surface area is 86.1 Å². The predicted octanol–water partition coefficient (Wildman–Crippen LogP) is 0.568. The lowest BCUT2D eigenvalue weighted by atomic mass is 9.80. The number of nitrogens with zero attached hydrogens (tertiary/aromatic N) is 1. The third-order valence-corrected chi connectivity index (χ3v) is 2.27. The molecule has 1 aromatic carbocycles. The van der Waals surface area contributed by atoms with E-state index in [1.165, 1.54) is 6.07 Å². The van der Waals surface area contributed by atoms with Gasteiger partial charge >= 0.3 is 7.12 Å². The summed E-state index contributed by atoms with van der Waals surface area (Å²) in [6, 6.07) is 6.74. The van der Waals surface area contributed by atoms with Crippen molar-refractivity contribution in [3.05, 3.63) is 35.5 Å². The number of pyridine rings is 1. The van der Waals surface area contributed by atoms with Crippen LogP contribution in [0, 0.1) is 0 Å². The lowest BCUT2D eigenvalue weighted by molar-refractivity contribution is 0.426. The van der Waals surface area contributed by atoms with Crippen LogP contribution in [0.5, 0.6) is 0 Å². The standard InChI is InChI=1S/C9H7BClNO2/c11-8-5-7(10(13)14)4-6-2-1-3-12-9(6)8/h1-5,13-14H. The summed E-state index contributed by atoms with van der Waals surface area (Å²) in [5.74, 6) is 0. The van der Waals surface area contributed by atoms with E-state index in [0.717, 1.165) is 5.39 Å². The Morgan fingerprint density at radius 3 is 2.79 bits per heavy atom. The molecule has 0 unspecified atom stereocenters. The summed E-state index contributed by atoms with van der Waals surface area (Å²) < 4.78 is 0. The number of aromatic nitrogens is 1. The highest BCUT2D eigenvalue weighted by molar-refractivity contribution is 6.59. The van der Waals surface area contributed by atoms with Gasteiger partial charge in [-0.05, 0) is 17.6 Å². The molecule has 2 N–H and O–H groups in total. The van der Waals surface area contributed by atoms with Gasteiger partial charge in [0.2, 0.25) is 0 Å². The Morgan fingerprint density at radius 1 is 1.29 bits per heavy atom. The van der Waals surface area contributed by atoms with Crippen LogP contribution >= 0.6 is 11.6 Å². The molecule has 2 rings (SSSR count). The van der Waals surface area contributed by atoms with Gasteiger partial charge < -0.3 is 10.0 Å². The molecule has 0 bridgehead atoms. The lowest BCUT2D eigenvalue weighted by Gasteiger charge is -2.03. The highest BCUT2D eigenvalue weighted by Crippen LogP contribution is 2.19. The summed E-state index contributed by atoms with van der Waals surface area (Å²) in [7, 11) is -1.50. The van der Waals surface area contributed by atoms with Gasteiger partial charge in [-0.3, -0.25) is 4.98 Å². The van der Waals surface area contributed by atoms with E-state index in [0.29, 0.717) is 16.0 Å². The van der Waals surface area contributed by atoms with E-state index in [1.807, 2.05) is 6.07 Å². The van der Waals surface area contributed by atoms with E-state index in [2.05, 4.69) is 4.98 Å². The highest BCUT2D eigenvalue weighted by atomic mass is 35.5. The zero-order valence-electron chi connectivity index (χ0n) is 7.18. The molecule has 14 heavy (non-hydrogen) atoms. The fraction of sp³-hybridized carbons (Fsp3) is 0. The lowest BCUT2D eigenvalue weighted by Crippen LogP contribution is -2.29.